The van der Waals surface area contributed by atoms with Crippen LogP contribution in [0.15, 0.2) is 58.7 Å². The molecule has 0 atom stereocenters. The number of halogens is 3. The van der Waals surface area contributed by atoms with Crippen molar-refractivity contribution >= 4 is 57.7 Å². The minimum atomic E-state index is -0.221. The van der Waals surface area contributed by atoms with Gasteiger partial charge in [0.05, 0.1) is 22.1 Å². The molecule has 0 bridgehead atoms. The number of fused-ring (bicyclic) bond motifs is 1. The van der Waals surface area contributed by atoms with Crippen LogP contribution < -0.4 is 5.56 Å². The average molecular weight is 466 g/mol. The molecular weight excluding hydrogens is 451 g/mol. The Bertz CT molecular complexity index is 1250. The van der Waals surface area contributed by atoms with Crippen LogP contribution in [0.2, 0.25) is 15.1 Å². The fraction of sp³-hybridized carbons (Fsp3) is 0.150. The third-order valence-electron chi connectivity index (χ3n) is 4.39. The highest BCUT2D eigenvalue weighted by atomic mass is 35.5. The van der Waals surface area contributed by atoms with Crippen LogP contribution >= 0.6 is 46.6 Å². The van der Waals surface area contributed by atoms with E-state index in [1.807, 2.05) is 23.6 Å². The highest BCUT2D eigenvalue weighted by Crippen LogP contribution is 2.28. The standard InChI is InChI=1S/C20H15Cl3N4OS/c1-2-26-11-24-17-18(26)25-20(29-10-12-3-8-15(22)16(23)9-12)27(19(17)28)14-6-4-13(21)5-7-14/h3-9,11H,2,10H2,1H3. The Kier molecular flexibility index (Phi) is 5.88. The lowest BCUT2D eigenvalue weighted by Gasteiger charge is -2.13. The van der Waals surface area contributed by atoms with E-state index in [-0.39, 0.29) is 5.56 Å². The Hall–Kier alpha value is -1.99. The van der Waals surface area contributed by atoms with Crippen molar-refractivity contribution in [2.24, 2.45) is 0 Å². The van der Waals surface area contributed by atoms with Crippen LogP contribution in [-0.4, -0.2) is 19.1 Å². The number of rotatable bonds is 5. The van der Waals surface area contributed by atoms with E-state index in [0.717, 1.165) is 5.56 Å². The normalized spacial score (nSPS) is 11.3. The number of nitrogens with zero attached hydrogens (tertiary/aromatic N) is 4. The first-order valence-corrected chi connectivity index (χ1v) is 10.9. The maximum absolute atomic E-state index is 13.2. The molecule has 0 aliphatic rings. The number of aromatic nitrogens is 4. The third kappa shape index (κ3) is 4.03. The number of hydrogen-bond acceptors (Lipinski definition) is 4. The molecule has 0 aliphatic carbocycles. The Labute approximate surface area is 186 Å². The van der Waals surface area contributed by atoms with E-state index in [1.54, 1.807) is 41.2 Å². The molecule has 2 aromatic carbocycles. The summed E-state index contributed by atoms with van der Waals surface area (Å²) in [6, 6.07) is 12.5. The van der Waals surface area contributed by atoms with Gasteiger partial charge in [0.15, 0.2) is 16.3 Å². The Morgan fingerprint density at radius 3 is 2.48 bits per heavy atom. The highest BCUT2D eigenvalue weighted by molar-refractivity contribution is 7.98. The summed E-state index contributed by atoms with van der Waals surface area (Å²) in [6.07, 6.45) is 1.64. The van der Waals surface area contributed by atoms with Crippen LogP contribution in [0.3, 0.4) is 0 Å². The van der Waals surface area contributed by atoms with E-state index in [2.05, 4.69) is 4.98 Å². The minimum absolute atomic E-state index is 0.221. The van der Waals surface area contributed by atoms with Gasteiger partial charge in [0.1, 0.15) is 0 Å². The summed E-state index contributed by atoms with van der Waals surface area (Å²) in [7, 11) is 0. The van der Waals surface area contributed by atoms with Crippen LogP contribution in [0.4, 0.5) is 0 Å². The van der Waals surface area contributed by atoms with Crippen LogP contribution in [0, 0.1) is 0 Å². The van der Waals surface area contributed by atoms with Gasteiger partial charge in [0.25, 0.3) is 5.56 Å². The molecule has 9 heteroatoms. The molecule has 29 heavy (non-hydrogen) atoms. The van der Waals surface area contributed by atoms with Crippen LogP contribution in [0.1, 0.15) is 12.5 Å². The number of aryl methyl sites for hydroxylation is 1. The van der Waals surface area contributed by atoms with E-state index >= 15 is 0 Å². The largest absolute Gasteiger partial charge is 0.315 e. The lowest BCUT2D eigenvalue weighted by atomic mass is 10.2. The van der Waals surface area contributed by atoms with Crippen molar-refractivity contribution in [1.29, 1.82) is 0 Å². The molecule has 0 unspecified atom stereocenters. The molecule has 2 aromatic heterocycles. The van der Waals surface area contributed by atoms with Crippen molar-refractivity contribution in [3.8, 4) is 5.69 Å². The SMILES string of the molecule is CCn1cnc2c(=O)n(-c3ccc(Cl)cc3)c(SCc3ccc(Cl)c(Cl)c3)nc21. The van der Waals surface area contributed by atoms with E-state index in [0.29, 0.717) is 49.4 Å². The summed E-state index contributed by atoms with van der Waals surface area (Å²) in [5.74, 6) is 0.572. The highest BCUT2D eigenvalue weighted by Gasteiger charge is 2.17. The molecule has 4 aromatic rings. The lowest BCUT2D eigenvalue weighted by Crippen LogP contribution is -2.22. The lowest BCUT2D eigenvalue weighted by molar-refractivity contribution is 0.754. The van der Waals surface area contributed by atoms with Crippen molar-refractivity contribution in [3.05, 3.63) is 79.8 Å². The molecule has 0 saturated carbocycles. The fourth-order valence-corrected chi connectivity index (χ4v) is 4.29. The summed E-state index contributed by atoms with van der Waals surface area (Å²) in [4.78, 5) is 22.3. The predicted octanol–water partition coefficient (Wildman–Crippen LogP) is 5.85. The van der Waals surface area contributed by atoms with E-state index < -0.39 is 0 Å². The van der Waals surface area contributed by atoms with Crippen LogP contribution in [-0.2, 0) is 12.3 Å². The van der Waals surface area contributed by atoms with E-state index in [1.165, 1.54) is 11.8 Å². The van der Waals surface area contributed by atoms with Gasteiger partial charge in [-0.25, -0.2) is 9.97 Å². The van der Waals surface area contributed by atoms with Gasteiger partial charge in [-0.3, -0.25) is 9.36 Å². The van der Waals surface area contributed by atoms with Gasteiger partial charge in [-0.2, -0.15) is 0 Å². The van der Waals surface area contributed by atoms with E-state index in [9.17, 15) is 4.79 Å². The topological polar surface area (TPSA) is 52.7 Å². The quantitative estimate of drug-likeness (QED) is 0.274. The minimum Gasteiger partial charge on any atom is -0.315 e. The monoisotopic (exact) mass is 464 g/mol. The summed E-state index contributed by atoms with van der Waals surface area (Å²) in [6.45, 7) is 2.65. The number of hydrogen-bond donors (Lipinski definition) is 0. The zero-order valence-electron chi connectivity index (χ0n) is 15.3. The molecule has 148 valence electrons. The van der Waals surface area contributed by atoms with Gasteiger partial charge in [-0.1, -0.05) is 52.6 Å². The zero-order chi connectivity index (χ0) is 20.5. The summed E-state index contributed by atoms with van der Waals surface area (Å²) in [5.41, 5.74) is 2.34. The maximum Gasteiger partial charge on any atom is 0.286 e. The van der Waals surface area contributed by atoms with Crippen LogP contribution in [0.25, 0.3) is 16.9 Å². The van der Waals surface area contributed by atoms with Gasteiger partial charge in [-0.05, 0) is 48.9 Å². The molecule has 0 saturated heterocycles. The molecule has 0 aliphatic heterocycles. The van der Waals surface area contributed by atoms with Crippen LogP contribution in [0.5, 0.6) is 0 Å². The van der Waals surface area contributed by atoms with Crippen molar-refractivity contribution in [2.45, 2.75) is 24.4 Å². The molecular formula is C20H15Cl3N4OS. The first kappa shape index (κ1) is 20.3. The predicted molar refractivity (Wildman–Crippen MR) is 120 cm³/mol. The average Bonchev–Trinajstić information content (AvgIpc) is 3.13. The van der Waals surface area contributed by atoms with Crippen molar-refractivity contribution < 1.29 is 0 Å². The van der Waals surface area contributed by atoms with Crippen molar-refractivity contribution in [2.75, 3.05) is 0 Å². The van der Waals surface area contributed by atoms with Gasteiger partial charge >= 0.3 is 0 Å². The van der Waals surface area contributed by atoms with E-state index in [4.69, 9.17) is 39.8 Å². The Balaban J connectivity index is 1.83. The van der Waals surface area contributed by atoms with Gasteiger partial charge < -0.3 is 4.57 Å². The van der Waals surface area contributed by atoms with Gasteiger partial charge in [0, 0.05) is 17.3 Å². The Morgan fingerprint density at radius 2 is 1.79 bits per heavy atom. The fourth-order valence-electron chi connectivity index (χ4n) is 2.90. The number of thioether (sulfide) groups is 1. The van der Waals surface area contributed by atoms with Crippen molar-refractivity contribution in [1.82, 2.24) is 19.1 Å². The smallest absolute Gasteiger partial charge is 0.286 e. The second-order valence-corrected chi connectivity index (χ2v) is 8.44. The second kappa shape index (κ2) is 8.40. The third-order valence-corrected chi connectivity index (χ3v) is 6.39. The maximum atomic E-state index is 13.2. The second-order valence-electron chi connectivity index (χ2n) is 6.25. The molecule has 2 heterocycles. The van der Waals surface area contributed by atoms with Crippen molar-refractivity contribution in [3.63, 3.8) is 0 Å². The molecule has 0 radical (unpaired) electrons. The molecule has 0 spiro atoms. The summed E-state index contributed by atoms with van der Waals surface area (Å²) >= 11 is 19.6. The van der Waals surface area contributed by atoms with Gasteiger partial charge in [0.2, 0.25) is 0 Å². The Morgan fingerprint density at radius 1 is 1.03 bits per heavy atom. The molecule has 0 N–H and O–H groups in total. The first-order chi connectivity index (χ1) is 14.0. The zero-order valence-corrected chi connectivity index (χ0v) is 18.4. The first-order valence-electron chi connectivity index (χ1n) is 8.78. The number of benzene rings is 2. The summed E-state index contributed by atoms with van der Waals surface area (Å²) < 4.78 is 3.42. The summed E-state index contributed by atoms with van der Waals surface area (Å²) in [5, 5.41) is 2.15. The molecule has 0 amide bonds. The number of imidazole rings is 1. The van der Waals surface area contributed by atoms with Gasteiger partial charge in [-0.15, -0.1) is 0 Å². The molecule has 0 fully saturated rings. The molecule has 4 rings (SSSR count). The molecule has 5 nitrogen and oxygen atoms in total.